The Hall–Kier alpha value is -2.41. The van der Waals surface area contributed by atoms with Gasteiger partial charge in [-0.1, -0.05) is 12.1 Å². The van der Waals surface area contributed by atoms with Gasteiger partial charge in [-0.15, -0.1) is 0 Å². The van der Waals surface area contributed by atoms with Crippen molar-refractivity contribution in [2.45, 2.75) is 25.4 Å². The number of fused-ring (bicyclic) bond motifs is 1. The number of hydrogen-bond donors (Lipinski definition) is 2. The van der Waals surface area contributed by atoms with Crippen molar-refractivity contribution in [3.05, 3.63) is 45.1 Å². The number of amides is 1. The van der Waals surface area contributed by atoms with Crippen LogP contribution in [0.4, 0.5) is 0 Å². The number of aromatic nitrogens is 2. The summed E-state index contributed by atoms with van der Waals surface area (Å²) in [6, 6.07) is 6.71. The predicted molar refractivity (Wildman–Crippen MR) is 82.6 cm³/mol. The second-order valence-corrected chi connectivity index (χ2v) is 5.61. The summed E-state index contributed by atoms with van der Waals surface area (Å²) >= 11 is 0. The van der Waals surface area contributed by atoms with Crippen LogP contribution in [0.3, 0.4) is 0 Å². The first-order valence-corrected chi connectivity index (χ1v) is 7.31. The van der Waals surface area contributed by atoms with Gasteiger partial charge in [0.15, 0.2) is 0 Å². The van der Waals surface area contributed by atoms with Crippen LogP contribution in [0.2, 0.25) is 0 Å². The first-order valence-electron chi connectivity index (χ1n) is 7.31. The van der Waals surface area contributed by atoms with E-state index in [0.717, 1.165) is 17.4 Å². The highest BCUT2D eigenvalue weighted by Gasteiger charge is 2.22. The molecule has 0 aliphatic carbocycles. The minimum Gasteiger partial charge on any atom is -0.340 e. The average Bonchev–Trinajstić information content (AvgIpc) is 2.51. The molecular weight excluding hydrogens is 284 g/mol. The molecule has 2 heterocycles. The predicted octanol–water partition coefficient (Wildman–Crippen LogP) is -0.360. The van der Waals surface area contributed by atoms with Gasteiger partial charge in [-0.2, -0.15) is 0 Å². The molecule has 1 aliphatic heterocycles. The van der Waals surface area contributed by atoms with Crippen molar-refractivity contribution in [1.82, 2.24) is 14.5 Å². The number of carbonyl (C=O) groups excluding carboxylic acids is 1. The van der Waals surface area contributed by atoms with Crippen molar-refractivity contribution in [2.24, 2.45) is 5.73 Å². The van der Waals surface area contributed by atoms with E-state index in [4.69, 9.17) is 5.73 Å². The van der Waals surface area contributed by atoms with E-state index in [-0.39, 0.29) is 18.5 Å². The largest absolute Gasteiger partial charge is 0.340 e. The molecule has 7 heteroatoms. The zero-order valence-electron chi connectivity index (χ0n) is 12.1. The topological polar surface area (TPSA) is 101 Å². The summed E-state index contributed by atoms with van der Waals surface area (Å²) in [7, 11) is 0. The van der Waals surface area contributed by atoms with E-state index in [0.29, 0.717) is 24.0 Å². The number of nitrogens with two attached hydrogens (primary N) is 1. The normalized spacial score (nSPS) is 18.6. The number of nitrogens with zero attached hydrogens (tertiary/aromatic N) is 2. The average molecular weight is 302 g/mol. The van der Waals surface area contributed by atoms with Crippen LogP contribution in [-0.2, 0) is 11.3 Å². The van der Waals surface area contributed by atoms with Crippen molar-refractivity contribution in [1.29, 1.82) is 0 Å². The van der Waals surface area contributed by atoms with Crippen LogP contribution in [0, 0.1) is 0 Å². The van der Waals surface area contributed by atoms with E-state index < -0.39 is 11.2 Å². The molecule has 1 aromatic carbocycles. The zero-order valence-corrected chi connectivity index (χ0v) is 12.1. The molecule has 7 nitrogen and oxygen atoms in total. The second-order valence-electron chi connectivity index (χ2n) is 5.61. The summed E-state index contributed by atoms with van der Waals surface area (Å²) in [5.74, 6) is -0.252. The summed E-state index contributed by atoms with van der Waals surface area (Å²) in [6.07, 6.45) is 1.73. The van der Waals surface area contributed by atoms with Crippen molar-refractivity contribution in [2.75, 3.05) is 13.1 Å². The maximum atomic E-state index is 12.4. The van der Waals surface area contributed by atoms with Gasteiger partial charge in [0.25, 0.3) is 5.56 Å². The number of carbonyl (C=O) groups is 1. The highest BCUT2D eigenvalue weighted by molar-refractivity contribution is 5.79. The van der Waals surface area contributed by atoms with E-state index in [9.17, 15) is 14.4 Å². The fraction of sp³-hybridized carbons (Fsp3) is 0.400. The quantitative estimate of drug-likeness (QED) is 0.791. The minimum atomic E-state index is -0.571. The van der Waals surface area contributed by atoms with Gasteiger partial charge in [0, 0.05) is 19.1 Å². The molecule has 1 saturated heterocycles. The Morgan fingerprint density at radius 2 is 2.09 bits per heavy atom. The number of benzene rings is 1. The number of hydrogen-bond acceptors (Lipinski definition) is 4. The van der Waals surface area contributed by atoms with Gasteiger partial charge >= 0.3 is 5.69 Å². The molecule has 3 rings (SSSR count). The van der Waals surface area contributed by atoms with Gasteiger partial charge in [0.1, 0.15) is 6.54 Å². The first kappa shape index (κ1) is 14.5. The number of rotatable bonds is 2. The molecule has 1 atom stereocenters. The van der Waals surface area contributed by atoms with Crippen LogP contribution in [0.1, 0.15) is 12.8 Å². The Labute approximate surface area is 126 Å². The summed E-state index contributed by atoms with van der Waals surface area (Å²) in [5, 5.41) is 0.394. The van der Waals surface area contributed by atoms with E-state index >= 15 is 0 Å². The molecule has 2 aromatic rings. The lowest BCUT2D eigenvalue weighted by Gasteiger charge is -2.30. The third-order valence-corrected chi connectivity index (χ3v) is 3.99. The minimum absolute atomic E-state index is 0.0377. The van der Waals surface area contributed by atoms with Gasteiger partial charge < -0.3 is 15.6 Å². The molecule has 22 heavy (non-hydrogen) atoms. The van der Waals surface area contributed by atoms with Crippen LogP contribution < -0.4 is 17.0 Å². The smallest absolute Gasteiger partial charge is 0.329 e. The van der Waals surface area contributed by atoms with Gasteiger partial charge in [0.2, 0.25) is 5.91 Å². The van der Waals surface area contributed by atoms with Crippen molar-refractivity contribution in [3.63, 3.8) is 0 Å². The Kier molecular flexibility index (Phi) is 3.81. The Balaban J connectivity index is 1.92. The van der Waals surface area contributed by atoms with Crippen molar-refractivity contribution in [3.8, 4) is 0 Å². The maximum Gasteiger partial charge on any atom is 0.329 e. The molecule has 116 valence electrons. The summed E-state index contributed by atoms with van der Waals surface area (Å²) in [6.45, 7) is 0.831. The number of nitrogens with one attached hydrogen (secondary N) is 1. The third-order valence-electron chi connectivity index (χ3n) is 3.99. The van der Waals surface area contributed by atoms with Gasteiger partial charge in [0.05, 0.1) is 10.9 Å². The van der Waals surface area contributed by atoms with Crippen LogP contribution in [0.15, 0.2) is 33.9 Å². The lowest BCUT2D eigenvalue weighted by atomic mass is 10.1. The molecule has 1 aromatic heterocycles. The second kappa shape index (κ2) is 5.76. The molecule has 0 saturated carbocycles. The molecule has 1 unspecified atom stereocenters. The Morgan fingerprint density at radius 1 is 1.32 bits per heavy atom. The van der Waals surface area contributed by atoms with Gasteiger partial charge in [-0.25, -0.2) is 4.79 Å². The third kappa shape index (κ3) is 2.67. The number of H-pyrrole nitrogens is 1. The van der Waals surface area contributed by atoms with Crippen LogP contribution in [0.25, 0.3) is 10.9 Å². The fourth-order valence-corrected chi connectivity index (χ4v) is 2.81. The molecule has 0 spiro atoms. The van der Waals surface area contributed by atoms with E-state index in [1.165, 1.54) is 0 Å². The van der Waals surface area contributed by atoms with Crippen LogP contribution in [-0.4, -0.2) is 39.5 Å². The maximum absolute atomic E-state index is 12.4. The zero-order chi connectivity index (χ0) is 15.7. The number of aromatic amines is 1. The summed E-state index contributed by atoms with van der Waals surface area (Å²) < 4.78 is 0.949. The lowest BCUT2D eigenvalue weighted by Crippen LogP contribution is -2.48. The summed E-state index contributed by atoms with van der Waals surface area (Å²) in [5.41, 5.74) is 5.31. The van der Waals surface area contributed by atoms with Crippen molar-refractivity contribution >= 4 is 16.8 Å². The van der Waals surface area contributed by atoms with Crippen LogP contribution >= 0.6 is 0 Å². The SMILES string of the molecule is NC1CCCN(C(=O)Cn2c(=O)[nH]c3ccccc3c2=O)C1. The molecular formula is C15H18N4O3. The molecule has 1 aliphatic rings. The molecule has 0 bridgehead atoms. The van der Waals surface area contributed by atoms with E-state index in [1.54, 1.807) is 29.2 Å². The highest BCUT2D eigenvalue weighted by atomic mass is 16.2. The van der Waals surface area contributed by atoms with Gasteiger partial charge in [-0.05, 0) is 25.0 Å². The number of para-hydroxylation sites is 1. The number of piperidine rings is 1. The van der Waals surface area contributed by atoms with E-state index in [1.807, 2.05) is 0 Å². The van der Waals surface area contributed by atoms with Crippen molar-refractivity contribution < 1.29 is 4.79 Å². The molecule has 3 N–H and O–H groups in total. The monoisotopic (exact) mass is 302 g/mol. The van der Waals surface area contributed by atoms with Crippen LogP contribution in [0.5, 0.6) is 0 Å². The summed E-state index contributed by atoms with van der Waals surface area (Å²) in [4.78, 5) is 41.0. The standard InChI is InChI=1S/C15H18N4O3/c16-10-4-3-7-18(8-10)13(20)9-19-14(21)11-5-1-2-6-12(11)17-15(19)22/h1-2,5-6,10H,3-4,7-9,16H2,(H,17,22). The number of likely N-dealkylation sites (tertiary alicyclic amines) is 1. The Morgan fingerprint density at radius 3 is 2.86 bits per heavy atom. The van der Waals surface area contributed by atoms with Gasteiger partial charge in [-0.3, -0.25) is 14.2 Å². The molecule has 0 radical (unpaired) electrons. The fourth-order valence-electron chi connectivity index (χ4n) is 2.81. The molecule has 1 amide bonds. The Bertz CT molecular complexity index is 823. The van der Waals surface area contributed by atoms with E-state index in [2.05, 4.69) is 4.98 Å². The lowest BCUT2D eigenvalue weighted by molar-refractivity contribution is -0.133. The first-order chi connectivity index (χ1) is 10.6. The highest BCUT2D eigenvalue weighted by Crippen LogP contribution is 2.09. The molecule has 1 fully saturated rings.